The second-order valence-corrected chi connectivity index (χ2v) is 4.76. The van der Waals surface area contributed by atoms with Crippen LogP contribution in [0.1, 0.15) is 57.4 Å². The van der Waals surface area contributed by atoms with E-state index in [0.29, 0.717) is 0 Å². The van der Waals surface area contributed by atoms with Gasteiger partial charge in [-0.25, -0.2) is 0 Å². The van der Waals surface area contributed by atoms with Crippen LogP contribution in [0, 0.1) is 0 Å². The smallest absolute Gasteiger partial charge is 0.0225 e. The number of hydrogen-bond acceptors (Lipinski definition) is 0. The maximum atomic E-state index is 2.28. The molecule has 2 rings (SSSR count). The van der Waals surface area contributed by atoms with Crippen LogP contribution < -0.4 is 0 Å². The lowest BCUT2D eigenvalue weighted by Crippen LogP contribution is -1.99. The van der Waals surface area contributed by atoms with Crippen molar-refractivity contribution in [2.45, 2.75) is 51.9 Å². The minimum absolute atomic E-state index is 1.29. The first kappa shape index (κ1) is 11.4. The van der Waals surface area contributed by atoms with Crippen molar-refractivity contribution in [2.75, 3.05) is 0 Å². The van der Waals surface area contributed by atoms with Gasteiger partial charge in [0.15, 0.2) is 0 Å². The Kier molecular flexibility index (Phi) is 4.21. The molecular formula is C16H22. The summed E-state index contributed by atoms with van der Waals surface area (Å²) in [7, 11) is 0. The van der Waals surface area contributed by atoms with E-state index < -0.39 is 0 Å². The van der Waals surface area contributed by atoms with Crippen LogP contribution >= 0.6 is 0 Å². The van der Waals surface area contributed by atoms with E-state index in [1.807, 2.05) is 0 Å². The summed E-state index contributed by atoms with van der Waals surface area (Å²) in [4.78, 5) is 0. The Morgan fingerprint density at radius 2 is 1.75 bits per heavy atom. The molecule has 16 heavy (non-hydrogen) atoms. The van der Waals surface area contributed by atoms with E-state index in [9.17, 15) is 0 Å². The van der Waals surface area contributed by atoms with Gasteiger partial charge in [0.1, 0.15) is 0 Å². The largest absolute Gasteiger partial charge is 0.0664 e. The highest BCUT2D eigenvalue weighted by Gasteiger charge is 2.13. The molecule has 0 aliphatic heterocycles. The molecule has 0 spiro atoms. The average Bonchev–Trinajstić information content (AvgIpc) is 2.38. The first-order valence-electron chi connectivity index (χ1n) is 6.68. The highest BCUT2D eigenvalue weighted by Crippen LogP contribution is 2.34. The zero-order valence-electron chi connectivity index (χ0n) is 10.3. The maximum absolute atomic E-state index is 2.28. The number of hydrogen-bond donors (Lipinski definition) is 0. The van der Waals surface area contributed by atoms with Crippen LogP contribution in [0.5, 0.6) is 0 Å². The fourth-order valence-corrected chi connectivity index (χ4v) is 2.62. The van der Waals surface area contributed by atoms with E-state index in [1.165, 1.54) is 50.5 Å². The fraction of sp³-hybridized carbons (Fsp3) is 0.500. The zero-order chi connectivity index (χ0) is 11.2. The van der Waals surface area contributed by atoms with Gasteiger partial charge in [0.25, 0.3) is 0 Å². The number of unbranched alkanes of at least 4 members (excludes halogenated alkanes) is 1. The lowest BCUT2D eigenvalue weighted by molar-refractivity contribution is 0.666. The molecule has 1 aromatic rings. The van der Waals surface area contributed by atoms with Crippen LogP contribution in [0.15, 0.2) is 35.9 Å². The van der Waals surface area contributed by atoms with Crippen LogP contribution in [-0.4, -0.2) is 0 Å². The lowest BCUT2D eigenvalue weighted by Gasteiger charge is -2.20. The van der Waals surface area contributed by atoms with Crippen LogP contribution in [0.3, 0.4) is 0 Å². The molecule has 1 aromatic carbocycles. The zero-order valence-corrected chi connectivity index (χ0v) is 10.3. The topological polar surface area (TPSA) is 0 Å². The summed E-state index contributed by atoms with van der Waals surface area (Å²) in [5, 5.41) is 0. The van der Waals surface area contributed by atoms with Gasteiger partial charge in [-0.2, -0.15) is 0 Å². The van der Waals surface area contributed by atoms with E-state index in [4.69, 9.17) is 0 Å². The summed E-state index contributed by atoms with van der Waals surface area (Å²) in [6, 6.07) is 11.0. The molecule has 0 saturated carbocycles. The Hall–Kier alpha value is -1.04. The molecule has 0 N–H and O–H groups in total. The summed E-state index contributed by atoms with van der Waals surface area (Å²) >= 11 is 0. The summed E-state index contributed by atoms with van der Waals surface area (Å²) < 4.78 is 0. The van der Waals surface area contributed by atoms with E-state index in [2.05, 4.69) is 37.3 Å². The molecule has 1 aliphatic rings. The van der Waals surface area contributed by atoms with Crippen molar-refractivity contribution >= 4 is 5.57 Å². The van der Waals surface area contributed by atoms with Gasteiger partial charge in [-0.1, -0.05) is 49.2 Å². The average molecular weight is 214 g/mol. The predicted molar refractivity (Wildman–Crippen MR) is 71.4 cm³/mol. The van der Waals surface area contributed by atoms with Gasteiger partial charge in [0.2, 0.25) is 0 Å². The number of benzene rings is 1. The summed E-state index contributed by atoms with van der Waals surface area (Å²) in [5.41, 5.74) is 4.85. The molecule has 1 aliphatic carbocycles. The molecule has 0 aromatic heterocycles. The Balaban J connectivity index is 2.22. The summed E-state index contributed by atoms with van der Waals surface area (Å²) in [6.45, 7) is 2.28. The van der Waals surface area contributed by atoms with E-state index in [0.717, 1.165) is 0 Å². The van der Waals surface area contributed by atoms with Crippen molar-refractivity contribution in [1.29, 1.82) is 0 Å². The van der Waals surface area contributed by atoms with Gasteiger partial charge >= 0.3 is 0 Å². The summed E-state index contributed by atoms with van der Waals surface area (Å²) in [6.07, 6.45) is 9.39. The Morgan fingerprint density at radius 1 is 1.00 bits per heavy atom. The Morgan fingerprint density at radius 3 is 2.50 bits per heavy atom. The van der Waals surface area contributed by atoms with E-state index >= 15 is 0 Å². The van der Waals surface area contributed by atoms with E-state index in [1.54, 1.807) is 11.1 Å². The molecule has 0 bridgehead atoms. The number of allylic oxidation sites excluding steroid dienone is 2. The molecule has 0 nitrogen and oxygen atoms in total. The van der Waals surface area contributed by atoms with Gasteiger partial charge < -0.3 is 0 Å². The van der Waals surface area contributed by atoms with Crippen LogP contribution in [0.25, 0.3) is 5.57 Å². The van der Waals surface area contributed by atoms with Gasteiger partial charge in [0.05, 0.1) is 0 Å². The molecule has 0 radical (unpaired) electrons. The molecule has 0 amide bonds. The lowest BCUT2D eigenvalue weighted by atomic mass is 9.85. The van der Waals surface area contributed by atoms with Gasteiger partial charge in [0, 0.05) is 0 Å². The van der Waals surface area contributed by atoms with Crippen molar-refractivity contribution in [3.05, 3.63) is 41.5 Å². The van der Waals surface area contributed by atoms with Crippen LogP contribution in [-0.2, 0) is 0 Å². The molecule has 0 heteroatoms. The Bertz CT molecular complexity index is 346. The minimum atomic E-state index is 1.29. The fourth-order valence-electron chi connectivity index (χ4n) is 2.62. The van der Waals surface area contributed by atoms with Crippen molar-refractivity contribution in [2.24, 2.45) is 0 Å². The third-order valence-corrected chi connectivity index (χ3v) is 3.54. The predicted octanol–water partition coefficient (Wildman–Crippen LogP) is 5.20. The second kappa shape index (κ2) is 5.89. The van der Waals surface area contributed by atoms with Crippen molar-refractivity contribution < 1.29 is 0 Å². The first-order chi connectivity index (χ1) is 7.92. The molecule has 0 atom stereocenters. The molecule has 0 heterocycles. The first-order valence-corrected chi connectivity index (χ1v) is 6.68. The van der Waals surface area contributed by atoms with Gasteiger partial charge in [-0.05, 0) is 49.7 Å². The Labute approximate surface area is 99.4 Å². The van der Waals surface area contributed by atoms with Crippen LogP contribution in [0.4, 0.5) is 0 Å². The second-order valence-electron chi connectivity index (χ2n) is 4.76. The normalized spacial score (nSPS) is 16.6. The molecule has 86 valence electrons. The quantitative estimate of drug-likeness (QED) is 0.646. The molecular weight excluding hydrogens is 192 g/mol. The minimum Gasteiger partial charge on any atom is -0.0664 e. The summed E-state index contributed by atoms with van der Waals surface area (Å²) in [5.74, 6) is 0. The van der Waals surface area contributed by atoms with Crippen LogP contribution in [0.2, 0.25) is 0 Å². The monoisotopic (exact) mass is 214 g/mol. The van der Waals surface area contributed by atoms with Crippen molar-refractivity contribution in [3.8, 4) is 0 Å². The third-order valence-electron chi connectivity index (χ3n) is 3.54. The standard InChI is InChI=1S/C16H22/c1-2-3-9-14-12-7-8-13-16(14)15-10-5-4-6-11-15/h4-6,10-11H,2-3,7-9,12-13H2,1H3. The van der Waals surface area contributed by atoms with Gasteiger partial charge in [-0.3, -0.25) is 0 Å². The molecule has 0 saturated heterocycles. The van der Waals surface area contributed by atoms with Gasteiger partial charge in [-0.15, -0.1) is 0 Å². The molecule has 0 unspecified atom stereocenters. The number of rotatable bonds is 4. The highest BCUT2D eigenvalue weighted by molar-refractivity contribution is 5.69. The maximum Gasteiger partial charge on any atom is -0.0225 e. The molecule has 0 fully saturated rings. The third kappa shape index (κ3) is 2.75. The van der Waals surface area contributed by atoms with Crippen molar-refractivity contribution in [3.63, 3.8) is 0 Å². The highest BCUT2D eigenvalue weighted by atomic mass is 14.2. The van der Waals surface area contributed by atoms with E-state index in [-0.39, 0.29) is 0 Å². The SMILES string of the molecule is CCCCC1=C(c2ccccc2)CCCC1. The van der Waals surface area contributed by atoms with Crippen molar-refractivity contribution in [1.82, 2.24) is 0 Å².